The van der Waals surface area contributed by atoms with Crippen LogP contribution in [0.4, 0.5) is 10.2 Å². The summed E-state index contributed by atoms with van der Waals surface area (Å²) in [6, 6.07) is 18.0. The predicted octanol–water partition coefficient (Wildman–Crippen LogP) is 5.66. The Kier molecular flexibility index (Phi) is 6.01. The maximum absolute atomic E-state index is 14.0. The van der Waals surface area contributed by atoms with Crippen molar-refractivity contribution < 1.29 is 13.9 Å². The summed E-state index contributed by atoms with van der Waals surface area (Å²) in [5.41, 5.74) is 0.326. The highest BCUT2D eigenvalue weighted by Gasteiger charge is 2.14. The van der Waals surface area contributed by atoms with E-state index in [0.717, 1.165) is 10.8 Å². The third-order valence-corrected chi connectivity index (χ3v) is 5.38. The van der Waals surface area contributed by atoms with Gasteiger partial charge >= 0.3 is 0 Å². The van der Waals surface area contributed by atoms with Crippen LogP contribution in [0.3, 0.4) is 0 Å². The van der Waals surface area contributed by atoms with Gasteiger partial charge in [0.05, 0.1) is 11.0 Å². The van der Waals surface area contributed by atoms with Crippen molar-refractivity contribution in [3.63, 3.8) is 0 Å². The second-order valence-corrected chi connectivity index (χ2v) is 7.83. The van der Waals surface area contributed by atoms with E-state index in [-0.39, 0.29) is 19.1 Å². The zero-order chi connectivity index (χ0) is 21.1. The van der Waals surface area contributed by atoms with Crippen LogP contribution < -0.4 is 10.1 Å². The molecular formula is C22H16BrClFN3O2. The Bertz CT molecular complexity index is 1210. The van der Waals surface area contributed by atoms with Crippen LogP contribution in [-0.4, -0.2) is 22.3 Å². The van der Waals surface area contributed by atoms with Gasteiger partial charge in [-0.2, -0.15) is 5.10 Å². The fourth-order valence-electron chi connectivity index (χ4n) is 2.98. The maximum atomic E-state index is 14.0. The molecule has 1 N–H and O–H groups in total. The lowest BCUT2D eigenvalue weighted by Crippen LogP contribution is -2.20. The molecule has 152 valence electrons. The molecule has 0 unspecified atom stereocenters. The first-order chi connectivity index (χ1) is 14.5. The van der Waals surface area contributed by atoms with Gasteiger partial charge in [0.1, 0.15) is 11.6 Å². The third-order valence-electron chi connectivity index (χ3n) is 4.45. The van der Waals surface area contributed by atoms with E-state index in [1.165, 1.54) is 10.7 Å². The van der Waals surface area contributed by atoms with E-state index in [2.05, 4.69) is 26.3 Å². The van der Waals surface area contributed by atoms with Crippen molar-refractivity contribution in [3.8, 4) is 5.75 Å². The number of nitrogens with zero attached hydrogens (tertiary/aromatic N) is 2. The summed E-state index contributed by atoms with van der Waals surface area (Å²) in [5, 5.41) is 9.41. The van der Waals surface area contributed by atoms with Crippen molar-refractivity contribution in [1.82, 2.24) is 9.78 Å². The molecule has 0 aliphatic carbocycles. The average Bonchev–Trinajstić information content (AvgIpc) is 3.08. The Hall–Kier alpha value is -2.90. The van der Waals surface area contributed by atoms with Gasteiger partial charge in [-0.1, -0.05) is 48.0 Å². The molecule has 0 spiro atoms. The molecule has 0 aliphatic heterocycles. The number of benzene rings is 3. The molecule has 5 nitrogen and oxygen atoms in total. The summed E-state index contributed by atoms with van der Waals surface area (Å²) < 4.78 is 21.6. The van der Waals surface area contributed by atoms with Crippen molar-refractivity contribution in [3.05, 3.63) is 87.7 Å². The molecule has 4 rings (SSSR count). The molecule has 30 heavy (non-hydrogen) atoms. The number of ether oxygens (including phenoxy) is 1. The fourth-order valence-corrected chi connectivity index (χ4v) is 3.62. The highest BCUT2D eigenvalue weighted by molar-refractivity contribution is 9.10. The first-order valence-electron chi connectivity index (χ1n) is 9.07. The van der Waals surface area contributed by atoms with Crippen LogP contribution in [0.5, 0.6) is 5.75 Å². The summed E-state index contributed by atoms with van der Waals surface area (Å²) in [4.78, 5) is 12.3. The van der Waals surface area contributed by atoms with Crippen LogP contribution >= 0.6 is 27.5 Å². The number of nitrogens with one attached hydrogen (secondary N) is 1. The molecule has 0 atom stereocenters. The molecule has 0 saturated carbocycles. The quantitative estimate of drug-likeness (QED) is 0.381. The van der Waals surface area contributed by atoms with Crippen molar-refractivity contribution >= 4 is 50.0 Å². The number of aromatic nitrogens is 2. The Balaban J connectivity index is 1.39. The number of carbonyl (C=O) groups excluding carboxylic acids is 1. The first kappa shape index (κ1) is 20.4. The van der Waals surface area contributed by atoms with Crippen LogP contribution in [0.25, 0.3) is 10.8 Å². The molecule has 0 bridgehead atoms. The fraction of sp³-hybridized carbons (Fsp3) is 0.0909. The van der Waals surface area contributed by atoms with Gasteiger partial charge in [-0.25, -0.2) is 4.39 Å². The smallest absolute Gasteiger partial charge is 0.263 e. The van der Waals surface area contributed by atoms with E-state index < -0.39 is 5.82 Å². The predicted molar refractivity (Wildman–Crippen MR) is 119 cm³/mol. The summed E-state index contributed by atoms with van der Waals surface area (Å²) in [6.07, 6.45) is 1.64. The monoisotopic (exact) mass is 487 g/mol. The van der Waals surface area contributed by atoms with Crippen molar-refractivity contribution in [1.29, 1.82) is 0 Å². The molecule has 0 fully saturated rings. The third kappa shape index (κ3) is 4.63. The number of carbonyl (C=O) groups is 1. The standard InChI is InChI=1S/C22H16BrClFN3O2/c23-18-12-28(11-17-19(24)6-3-7-20(17)25)27-22(18)26-21(29)13-30-16-9-8-14-4-1-2-5-15(14)10-16/h1-10,12H,11,13H2,(H,26,27,29). The van der Waals surface area contributed by atoms with E-state index in [1.807, 2.05) is 42.5 Å². The van der Waals surface area contributed by atoms with E-state index in [1.54, 1.807) is 18.3 Å². The number of hydrogen-bond donors (Lipinski definition) is 1. The number of amides is 1. The zero-order valence-electron chi connectivity index (χ0n) is 15.6. The zero-order valence-corrected chi connectivity index (χ0v) is 18.0. The Morgan fingerprint density at radius 2 is 1.93 bits per heavy atom. The van der Waals surface area contributed by atoms with Crippen LogP contribution in [-0.2, 0) is 11.3 Å². The minimum atomic E-state index is -0.413. The van der Waals surface area contributed by atoms with Crippen molar-refractivity contribution in [2.45, 2.75) is 6.54 Å². The van der Waals surface area contributed by atoms with Gasteiger partial charge in [0.2, 0.25) is 0 Å². The van der Waals surface area contributed by atoms with E-state index >= 15 is 0 Å². The van der Waals surface area contributed by atoms with Gasteiger partial charge in [0, 0.05) is 16.8 Å². The number of rotatable bonds is 6. The van der Waals surface area contributed by atoms with Crippen molar-refractivity contribution in [2.75, 3.05) is 11.9 Å². The minimum Gasteiger partial charge on any atom is -0.484 e. The molecule has 0 aliphatic rings. The lowest BCUT2D eigenvalue weighted by atomic mass is 10.1. The molecule has 0 saturated heterocycles. The van der Waals surface area contributed by atoms with Gasteiger partial charge in [-0.15, -0.1) is 0 Å². The van der Waals surface area contributed by atoms with E-state index in [9.17, 15) is 9.18 Å². The summed E-state index contributed by atoms with van der Waals surface area (Å²) in [5.74, 6) is 0.138. The van der Waals surface area contributed by atoms with Crippen molar-refractivity contribution in [2.24, 2.45) is 0 Å². The maximum Gasteiger partial charge on any atom is 0.263 e. The molecule has 1 amide bonds. The van der Waals surface area contributed by atoms with Gasteiger partial charge in [0.15, 0.2) is 12.4 Å². The first-order valence-corrected chi connectivity index (χ1v) is 10.2. The molecule has 8 heteroatoms. The van der Waals surface area contributed by atoms with Gasteiger partial charge < -0.3 is 10.1 Å². The lowest BCUT2D eigenvalue weighted by molar-refractivity contribution is -0.118. The normalized spacial score (nSPS) is 10.9. The molecule has 4 aromatic rings. The Morgan fingerprint density at radius 3 is 2.73 bits per heavy atom. The van der Waals surface area contributed by atoms with Crippen LogP contribution in [0, 0.1) is 5.82 Å². The molecular weight excluding hydrogens is 473 g/mol. The number of halogens is 3. The topological polar surface area (TPSA) is 56.1 Å². The second kappa shape index (κ2) is 8.85. The second-order valence-electron chi connectivity index (χ2n) is 6.57. The SMILES string of the molecule is O=C(COc1ccc2ccccc2c1)Nc1nn(Cc2c(F)cccc2Cl)cc1Br. The average molecular weight is 489 g/mol. The summed E-state index contributed by atoms with van der Waals surface area (Å²) in [7, 11) is 0. The molecule has 1 aromatic heterocycles. The lowest BCUT2D eigenvalue weighted by Gasteiger charge is -2.08. The summed E-state index contributed by atoms with van der Waals surface area (Å²) in [6.45, 7) is -0.0374. The van der Waals surface area contributed by atoms with Crippen LogP contribution in [0.15, 0.2) is 71.3 Å². The highest BCUT2D eigenvalue weighted by Crippen LogP contribution is 2.24. The minimum absolute atomic E-state index is 0.133. The number of fused-ring (bicyclic) bond motifs is 1. The number of anilines is 1. The number of hydrogen-bond acceptors (Lipinski definition) is 3. The highest BCUT2D eigenvalue weighted by atomic mass is 79.9. The molecule has 1 heterocycles. The van der Waals surface area contributed by atoms with Gasteiger partial charge in [0.25, 0.3) is 5.91 Å². The van der Waals surface area contributed by atoms with Crippen LogP contribution in [0.2, 0.25) is 5.02 Å². The van der Waals surface area contributed by atoms with Gasteiger partial charge in [-0.3, -0.25) is 9.48 Å². The Morgan fingerprint density at radius 1 is 1.13 bits per heavy atom. The van der Waals surface area contributed by atoms with E-state index in [0.29, 0.717) is 26.6 Å². The largest absolute Gasteiger partial charge is 0.484 e. The van der Waals surface area contributed by atoms with Gasteiger partial charge in [-0.05, 0) is 51.0 Å². The molecule has 3 aromatic carbocycles. The van der Waals surface area contributed by atoms with Crippen LogP contribution in [0.1, 0.15) is 5.56 Å². The molecule has 0 radical (unpaired) electrons. The van der Waals surface area contributed by atoms with E-state index in [4.69, 9.17) is 16.3 Å². The summed E-state index contributed by atoms with van der Waals surface area (Å²) >= 11 is 9.42. The Labute approximate surface area is 185 Å².